The smallest absolute Gasteiger partial charge is 0.449 e. The minimum absolute atomic E-state index is 1.29. The van der Waals surface area contributed by atoms with Gasteiger partial charge in [0.05, 0.1) is 0 Å². The van der Waals surface area contributed by atoms with Crippen LogP contribution in [0.4, 0.5) is 9.59 Å². The second kappa shape index (κ2) is 19.3. The molecule has 0 heterocycles. The summed E-state index contributed by atoms with van der Waals surface area (Å²) in [6, 6.07) is 9.16. The summed E-state index contributed by atoms with van der Waals surface area (Å²) in [7, 11) is 0. The van der Waals surface area contributed by atoms with Crippen LogP contribution in [-0.2, 0) is 17.6 Å². The molecule has 5 heteroatoms. The molecular weight excluding hydrogens is 368 g/mol. The van der Waals surface area contributed by atoms with Crippen molar-refractivity contribution in [3.63, 3.8) is 0 Å². The zero-order chi connectivity index (χ0) is 21.7. The van der Waals surface area contributed by atoms with E-state index in [2.05, 4.69) is 42.8 Å². The van der Waals surface area contributed by atoms with Gasteiger partial charge in [0.2, 0.25) is 0 Å². The molecule has 0 aliphatic rings. The van der Waals surface area contributed by atoms with Crippen LogP contribution < -0.4 is 0 Å². The first-order chi connectivity index (χ1) is 14.0. The second-order valence-corrected chi connectivity index (χ2v) is 7.44. The standard InChI is InChI=1S/C22H38.C2H2O5/c1-3-5-7-9-11-13-17-21-19-15-16-20-22(21)18-14-12-10-8-6-4-2;3-1(4)7-2(5)6/h15-16,19-20H,3-14,17-18H2,1-2H3;(H,3,4)(H,5,6). The van der Waals surface area contributed by atoms with Crippen molar-refractivity contribution in [2.45, 2.75) is 104 Å². The Morgan fingerprint density at radius 1 is 0.655 bits per heavy atom. The minimum atomic E-state index is -1.81. The largest absolute Gasteiger partial charge is 0.516 e. The van der Waals surface area contributed by atoms with Crippen molar-refractivity contribution in [1.29, 1.82) is 0 Å². The molecule has 29 heavy (non-hydrogen) atoms. The first-order valence-electron chi connectivity index (χ1n) is 11.2. The van der Waals surface area contributed by atoms with Gasteiger partial charge in [0.1, 0.15) is 0 Å². The zero-order valence-corrected chi connectivity index (χ0v) is 18.3. The molecule has 166 valence electrons. The molecule has 0 aliphatic heterocycles. The van der Waals surface area contributed by atoms with E-state index < -0.39 is 12.3 Å². The molecule has 0 amide bonds. The van der Waals surface area contributed by atoms with E-state index in [1.54, 1.807) is 11.1 Å². The number of benzene rings is 1. The molecule has 0 bridgehead atoms. The molecular formula is C24H40O5. The predicted octanol–water partition coefficient (Wildman–Crippen LogP) is 7.85. The van der Waals surface area contributed by atoms with Crippen LogP contribution in [0.15, 0.2) is 24.3 Å². The fraction of sp³-hybridized carbons (Fsp3) is 0.667. The average Bonchev–Trinajstić information content (AvgIpc) is 2.67. The van der Waals surface area contributed by atoms with E-state index in [1.165, 1.54) is 89.9 Å². The van der Waals surface area contributed by atoms with E-state index in [0.29, 0.717) is 0 Å². The Balaban J connectivity index is 0.000000956. The lowest BCUT2D eigenvalue weighted by molar-refractivity contribution is 0.0802. The van der Waals surface area contributed by atoms with Gasteiger partial charge in [-0.2, -0.15) is 0 Å². The van der Waals surface area contributed by atoms with Crippen LogP contribution in [-0.4, -0.2) is 22.5 Å². The number of rotatable bonds is 14. The third-order valence-corrected chi connectivity index (χ3v) is 4.89. The molecule has 0 saturated carbocycles. The first-order valence-corrected chi connectivity index (χ1v) is 11.2. The van der Waals surface area contributed by atoms with Crippen molar-refractivity contribution < 1.29 is 24.5 Å². The normalized spacial score (nSPS) is 10.1. The van der Waals surface area contributed by atoms with Crippen molar-refractivity contribution in [1.82, 2.24) is 0 Å². The lowest BCUT2D eigenvalue weighted by atomic mass is 9.96. The third-order valence-electron chi connectivity index (χ3n) is 4.89. The summed E-state index contributed by atoms with van der Waals surface area (Å²) in [6.07, 6.45) is 15.7. The molecule has 5 nitrogen and oxygen atoms in total. The van der Waals surface area contributed by atoms with E-state index in [0.717, 1.165) is 0 Å². The van der Waals surface area contributed by atoms with E-state index in [4.69, 9.17) is 10.2 Å². The number of hydrogen-bond donors (Lipinski definition) is 2. The number of hydrogen-bond acceptors (Lipinski definition) is 3. The summed E-state index contributed by atoms with van der Waals surface area (Å²) in [5, 5.41) is 15.0. The van der Waals surface area contributed by atoms with Gasteiger partial charge >= 0.3 is 12.3 Å². The number of unbranched alkanes of at least 4 members (excludes halogenated alkanes) is 10. The lowest BCUT2D eigenvalue weighted by Gasteiger charge is -2.09. The molecule has 0 unspecified atom stereocenters. The van der Waals surface area contributed by atoms with Gasteiger partial charge in [-0.05, 0) is 36.8 Å². The van der Waals surface area contributed by atoms with E-state index in [1.807, 2.05) is 0 Å². The predicted molar refractivity (Wildman–Crippen MR) is 118 cm³/mol. The molecule has 1 aromatic rings. The highest BCUT2D eigenvalue weighted by Crippen LogP contribution is 2.17. The second-order valence-electron chi connectivity index (χ2n) is 7.44. The molecule has 0 saturated heterocycles. The Morgan fingerprint density at radius 2 is 1.00 bits per heavy atom. The highest BCUT2D eigenvalue weighted by molar-refractivity contribution is 5.74. The summed E-state index contributed by atoms with van der Waals surface area (Å²) in [6.45, 7) is 4.58. The Labute approximate surface area is 176 Å². The fourth-order valence-electron chi connectivity index (χ4n) is 3.31. The summed E-state index contributed by atoms with van der Waals surface area (Å²) in [5.41, 5.74) is 3.23. The van der Waals surface area contributed by atoms with Gasteiger partial charge in [0.15, 0.2) is 0 Å². The molecule has 2 N–H and O–H groups in total. The maximum atomic E-state index is 9.21. The fourth-order valence-corrected chi connectivity index (χ4v) is 3.31. The van der Waals surface area contributed by atoms with Gasteiger partial charge in [-0.15, -0.1) is 0 Å². The molecule has 0 aliphatic carbocycles. The maximum absolute atomic E-state index is 9.21. The van der Waals surface area contributed by atoms with Crippen LogP contribution >= 0.6 is 0 Å². The number of ether oxygens (including phenoxy) is 1. The molecule has 1 aromatic carbocycles. The van der Waals surface area contributed by atoms with Crippen molar-refractivity contribution in [3.8, 4) is 0 Å². The van der Waals surface area contributed by atoms with E-state index in [-0.39, 0.29) is 0 Å². The Morgan fingerprint density at radius 3 is 1.31 bits per heavy atom. The summed E-state index contributed by atoms with van der Waals surface area (Å²) >= 11 is 0. The summed E-state index contributed by atoms with van der Waals surface area (Å²) in [5.74, 6) is 0. The molecule has 0 fully saturated rings. The minimum Gasteiger partial charge on any atom is -0.449 e. The topological polar surface area (TPSA) is 83.8 Å². The lowest BCUT2D eigenvalue weighted by Crippen LogP contribution is -2.05. The molecule has 1 rings (SSSR count). The van der Waals surface area contributed by atoms with Crippen LogP contribution in [0.2, 0.25) is 0 Å². The van der Waals surface area contributed by atoms with Gasteiger partial charge in [-0.25, -0.2) is 9.59 Å². The van der Waals surface area contributed by atoms with Crippen LogP contribution in [0.5, 0.6) is 0 Å². The van der Waals surface area contributed by atoms with Crippen molar-refractivity contribution in [2.75, 3.05) is 0 Å². The monoisotopic (exact) mass is 408 g/mol. The van der Waals surface area contributed by atoms with Crippen molar-refractivity contribution in [2.24, 2.45) is 0 Å². The number of carbonyl (C=O) groups is 2. The van der Waals surface area contributed by atoms with Gasteiger partial charge < -0.3 is 14.9 Å². The van der Waals surface area contributed by atoms with Crippen LogP contribution in [0.3, 0.4) is 0 Å². The Kier molecular flexibility index (Phi) is 17.9. The zero-order valence-electron chi connectivity index (χ0n) is 18.3. The van der Waals surface area contributed by atoms with Crippen LogP contribution in [0.25, 0.3) is 0 Å². The Bertz CT molecular complexity index is 495. The molecule has 0 spiro atoms. The number of carboxylic acid groups (broad SMARTS) is 2. The van der Waals surface area contributed by atoms with Crippen LogP contribution in [0.1, 0.15) is 102 Å². The van der Waals surface area contributed by atoms with Gasteiger partial charge in [-0.3, -0.25) is 0 Å². The third kappa shape index (κ3) is 17.8. The van der Waals surface area contributed by atoms with Gasteiger partial charge in [-0.1, -0.05) is 102 Å². The van der Waals surface area contributed by atoms with Crippen molar-refractivity contribution in [3.05, 3.63) is 35.4 Å². The SMILES string of the molecule is CCCCCCCCc1ccccc1CCCCCCCC.O=C(O)OC(=O)O. The summed E-state index contributed by atoms with van der Waals surface area (Å²) < 4.78 is 3.08. The van der Waals surface area contributed by atoms with Gasteiger partial charge in [0, 0.05) is 0 Å². The highest BCUT2D eigenvalue weighted by atomic mass is 16.7. The van der Waals surface area contributed by atoms with Crippen molar-refractivity contribution >= 4 is 12.3 Å². The highest BCUT2D eigenvalue weighted by Gasteiger charge is 2.02. The average molecular weight is 409 g/mol. The van der Waals surface area contributed by atoms with E-state index in [9.17, 15) is 9.59 Å². The first kappa shape index (κ1) is 27.0. The van der Waals surface area contributed by atoms with E-state index >= 15 is 0 Å². The summed E-state index contributed by atoms with van der Waals surface area (Å²) in [4.78, 5) is 18.4. The molecule has 0 radical (unpaired) electrons. The maximum Gasteiger partial charge on any atom is 0.516 e. The molecule has 0 atom stereocenters. The quantitative estimate of drug-likeness (QED) is 0.186. The Hall–Kier alpha value is -2.04. The molecule has 0 aromatic heterocycles. The van der Waals surface area contributed by atoms with Gasteiger partial charge in [0.25, 0.3) is 0 Å². The number of aryl methyl sites for hydroxylation is 2. The van der Waals surface area contributed by atoms with Crippen LogP contribution in [0, 0.1) is 0 Å².